The number of carbonyl (C=O) groups excluding carboxylic acids is 2. The van der Waals surface area contributed by atoms with Crippen molar-refractivity contribution in [1.82, 2.24) is 9.88 Å². The smallest absolute Gasteiger partial charge is 0.251 e. The second-order valence-electron chi connectivity index (χ2n) is 8.89. The van der Waals surface area contributed by atoms with E-state index < -0.39 is 0 Å². The minimum atomic E-state index is -0.265. The van der Waals surface area contributed by atoms with Crippen LogP contribution in [0.5, 0.6) is 5.75 Å². The van der Waals surface area contributed by atoms with Crippen molar-refractivity contribution < 1.29 is 14.3 Å². The predicted molar refractivity (Wildman–Crippen MR) is 155 cm³/mol. The highest BCUT2D eigenvalue weighted by molar-refractivity contribution is 6.30. The SMILES string of the molecule is COc1ccc2[nH]cc(CCN(CC(=O)N(c3ccccc3)c3ccc(Cl)cc3)C(=O)CCN=C(N)N)c2c1. The van der Waals surface area contributed by atoms with E-state index in [0.29, 0.717) is 29.4 Å². The van der Waals surface area contributed by atoms with E-state index in [9.17, 15) is 9.59 Å². The molecule has 1 heterocycles. The van der Waals surface area contributed by atoms with E-state index in [-0.39, 0.29) is 37.3 Å². The number of benzene rings is 3. The third-order valence-electron chi connectivity index (χ3n) is 6.27. The van der Waals surface area contributed by atoms with Crippen molar-refractivity contribution in [3.8, 4) is 5.75 Å². The van der Waals surface area contributed by atoms with Gasteiger partial charge < -0.3 is 26.1 Å². The van der Waals surface area contributed by atoms with Gasteiger partial charge in [-0.05, 0) is 66.6 Å². The Morgan fingerprint density at radius 2 is 1.69 bits per heavy atom. The third kappa shape index (κ3) is 7.08. The maximum Gasteiger partial charge on any atom is 0.251 e. The molecular weight excluding hydrogens is 516 g/mol. The highest BCUT2D eigenvalue weighted by Gasteiger charge is 2.24. The van der Waals surface area contributed by atoms with Crippen molar-refractivity contribution in [2.75, 3.05) is 31.6 Å². The molecule has 9 nitrogen and oxygen atoms in total. The molecule has 5 N–H and O–H groups in total. The lowest BCUT2D eigenvalue weighted by atomic mass is 10.1. The van der Waals surface area contributed by atoms with E-state index in [1.165, 1.54) is 0 Å². The molecule has 0 bridgehead atoms. The molecule has 0 spiro atoms. The van der Waals surface area contributed by atoms with E-state index >= 15 is 0 Å². The highest BCUT2D eigenvalue weighted by Crippen LogP contribution is 2.28. The largest absolute Gasteiger partial charge is 0.497 e. The summed E-state index contributed by atoms with van der Waals surface area (Å²) in [5.41, 5.74) is 14.2. The number of halogens is 1. The summed E-state index contributed by atoms with van der Waals surface area (Å²) in [7, 11) is 1.62. The van der Waals surface area contributed by atoms with Crippen molar-refractivity contribution in [3.63, 3.8) is 0 Å². The summed E-state index contributed by atoms with van der Waals surface area (Å²) < 4.78 is 5.37. The molecule has 202 valence electrons. The fraction of sp³-hybridized carbons (Fsp3) is 0.207. The Morgan fingerprint density at radius 1 is 0.974 bits per heavy atom. The van der Waals surface area contributed by atoms with E-state index in [4.69, 9.17) is 27.8 Å². The molecule has 0 fully saturated rings. The number of nitrogens with two attached hydrogens (primary N) is 2. The number of carbonyl (C=O) groups is 2. The molecule has 0 saturated carbocycles. The Kier molecular flexibility index (Phi) is 9.06. The molecular formula is C29H31ClN6O3. The summed E-state index contributed by atoms with van der Waals surface area (Å²) >= 11 is 6.09. The van der Waals surface area contributed by atoms with Gasteiger partial charge in [0.15, 0.2) is 5.96 Å². The van der Waals surface area contributed by atoms with Gasteiger partial charge in [0.25, 0.3) is 5.91 Å². The fourth-order valence-corrected chi connectivity index (χ4v) is 4.44. The van der Waals surface area contributed by atoms with Crippen molar-refractivity contribution in [2.24, 2.45) is 16.5 Å². The zero-order chi connectivity index (χ0) is 27.8. The second-order valence-corrected chi connectivity index (χ2v) is 9.32. The first-order valence-electron chi connectivity index (χ1n) is 12.5. The predicted octanol–water partition coefficient (Wildman–Crippen LogP) is 4.23. The number of rotatable bonds is 11. The number of aromatic nitrogens is 1. The Labute approximate surface area is 232 Å². The summed E-state index contributed by atoms with van der Waals surface area (Å²) in [5.74, 6) is 0.163. The van der Waals surface area contributed by atoms with Crippen LogP contribution in [0.1, 0.15) is 12.0 Å². The monoisotopic (exact) mass is 546 g/mol. The number of guanidine groups is 1. The molecule has 0 aliphatic carbocycles. The molecule has 0 unspecified atom stereocenters. The van der Waals surface area contributed by atoms with Crippen LogP contribution in [0.15, 0.2) is 84.0 Å². The van der Waals surface area contributed by atoms with Crippen molar-refractivity contribution >= 4 is 51.7 Å². The van der Waals surface area contributed by atoms with Crippen LogP contribution in [0.4, 0.5) is 11.4 Å². The summed E-state index contributed by atoms with van der Waals surface area (Å²) in [6.07, 6.45) is 2.51. The Bertz CT molecular complexity index is 1450. The van der Waals surface area contributed by atoms with Crippen molar-refractivity contribution in [3.05, 3.63) is 89.6 Å². The van der Waals surface area contributed by atoms with Gasteiger partial charge in [0.2, 0.25) is 5.91 Å². The molecule has 4 rings (SSSR count). The number of aliphatic imine (C=N–C) groups is 1. The first-order chi connectivity index (χ1) is 18.9. The number of fused-ring (bicyclic) bond motifs is 1. The fourth-order valence-electron chi connectivity index (χ4n) is 4.32. The second kappa shape index (κ2) is 12.8. The van der Waals surface area contributed by atoms with Crippen LogP contribution in [0.25, 0.3) is 10.9 Å². The lowest BCUT2D eigenvalue weighted by molar-refractivity contribution is -0.134. The van der Waals surface area contributed by atoms with Crippen LogP contribution in [-0.4, -0.2) is 54.4 Å². The average Bonchev–Trinajstić information content (AvgIpc) is 3.34. The number of amides is 2. The maximum atomic E-state index is 13.8. The first-order valence-corrected chi connectivity index (χ1v) is 12.8. The van der Waals surface area contributed by atoms with E-state index in [2.05, 4.69) is 9.98 Å². The van der Waals surface area contributed by atoms with Crippen LogP contribution in [-0.2, 0) is 16.0 Å². The number of aromatic amines is 1. The molecule has 0 radical (unpaired) electrons. The van der Waals surface area contributed by atoms with Crippen molar-refractivity contribution in [2.45, 2.75) is 12.8 Å². The number of ether oxygens (including phenoxy) is 1. The molecule has 2 amide bonds. The molecule has 10 heteroatoms. The number of H-pyrrole nitrogens is 1. The van der Waals surface area contributed by atoms with Gasteiger partial charge in [-0.25, -0.2) is 0 Å². The van der Waals surface area contributed by atoms with Crippen molar-refractivity contribution in [1.29, 1.82) is 0 Å². The van der Waals surface area contributed by atoms with Gasteiger partial charge in [0.1, 0.15) is 12.3 Å². The zero-order valence-corrected chi connectivity index (χ0v) is 22.4. The highest BCUT2D eigenvalue weighted by atomic mass is 35.5. The van der Waals surface area contributed by atoms with Gasteiger partial charge in [0, 0.05) is 46.5 Å². The topological polar surface area (TPSA) is 130 Å². The lowest BCUT2D eigenvalue weighted by Crippen LogP contribution is -2.42. The van der Waals surface area contributed by atoms with E-state index in [1.54, 1.807) is 41.2 Å². The van der Waals surface area contributed by atoms with Crippen LogP contribution >= 0.6 is 11.6 Å². The van der Waals surface area contributed by atoms with Gasteiger partial charge in [-0.2, -0.15) is 0 Å². The molecule has 0 aliphatic rings. The summed E-state index contributed by atoms with van der Waals surface area (Å²) in [6, 6.07) is 22.1. The normalized spacial score (nSPS) is 10.7. The summed E-state index contributed by atoms with van der Waals surface area (Å²) in [4.78, 5) is 37.4. The molecule has 39 heavy (non-hydrogen) atoms. The number of methoxy groups -OCH3 is 1. The minimum Gasteiger partial charge on any atom is -0.497 e. The van der Waals surface area contributed by atoms with Gasteiger partial charge in [-0.3, -0.25) is 19.5 Å². The Balaban J connectivity index is 1.59. The van der Waals surface area contributed by atoms with Crippen LogP contribution in [0, 0.1) is 0 Å². The van der Waals surface area contributed by atoms with E-state index in [1.807, 2.05) is 54.7 Å². The quantitative estimate of drug-likeness (QED) is 0.191. The Morgan fingerprint density at radius 3 is 2.38 bits per heavy atom. The van der Waals surface area contributed by atoms with Gasteiger partial charge in [-0.15, -0.1) is 0 Å². The number of para-hydroxylation sites is 1. The number of hydrogen-bond acceptors (Lipinski definition) is 4. The van der Waals surface area contributed by atoms with Gasteiger partial charge in [0.05, 0.1) is 13.7 Å². The number of nitrogens with zero attached hydrogens (tertiary/aromatic N) is 3. The van der Waals surface area contributed by atoms with Crippen LogP contribution < -0.4 is 21.1 Å². The molecule has 3 aromatic carbocycles. The molecule has 4 aromatic rings. The maximum absolute atomic E-state index is 13.8. The zero-order valence-electron chi connectivity index (χ0n) is 21.6. The van der Waals surface area contributed by atoms with E-state index in [0.717, 1.165) is 22.2 Å². The van der Waals surface area contributed by atoms with Gasteiger partial charge >= 0.3 is 0 Å². The molecule has 0 saturated heterocycles. The number of hydrogen-bond donors (Lipinski definition) is 3. The number of anilines is 2. The lowest BCUT2D eigenvalue weighted by Gasteiger charge is -2.28. The molecule has 1 aromatic heterocycles. The minimum absolute atomic E-state index is 0.0686. The van der Waals surface area contributed by atoms with Crippen LogP contribution in [0.3, 0.4) is 0 Å². The number of nitrogens with one attached hydrogen (secondary N) is 1. The summed E-state index contributed by atoms with van der Waals surface area (Å²) in [5, 5.41) is 1.56. The molecule has 0 aliphatic heterocycles. The standard InChI is InChI=1S/C29H31ClN6O3/c1-39-24-11-12-26-25(17-24)20(18-34-26)14-16-35(27(37)13-15-33-29(31)32)19-28(38)36(22-5-3-2-4-6-22)23-9-7-21(30)8-10-23/h2-12,17-18,34H,13-16,19H2,1H3,(H4,31,32,33). The van der Waals surface area contributed by atoms with Crippen LogP contribution in [0.2, 0.25) is 5.02 Å². The van der Waals surface area contributed by atoms with Gasteiger partial charge in [-0.1, -0.05) is 29.8 Å². The molecule has 0 atom stereocenters. The first kappa shape index (κ1) is 27.5. The average molecular weight is 547 g/mol. The Hall–Kier alpha value is -4.50. The third-order valence-corrected chi connectivity index (χ3v) is 6.53. The summed E-state index contributed by atoms with van der Waals surface area (Å²) in [6.45, 7) is 0.319.